The summed E-state index contributed by atoms with van der Waals surface area (Å²) in [5.74, 6) is -0.746. The van der Waals surface area contributed by atoms with E-state index in [1.165, 1.54) is 0 Å². The quantitative estimate of drug-likeness (QED) is 0.877. The summed E-state index contributed by atoms with van der Waals surface area (Å²) >= 11 is 5.65. The van der Waals surface area contributed by atoms with Crippen LogP contribution in [0.1, 0.15) is 27.3 Å². The van der Waals surface area contributed by atoms with Crippen LogP contribution in [-0.4, -0.2) is 10.9 Å². The molecule has 23 heavy (non-hydrogen) atoms. The number of anilines is 1. The smallest absolute Gasteiger partial charge is 0.321 e. The van der Waals surface area contributed by atoms with Gasteiger partial charge >= 0.3 is 6.18 Å². The van der Waals surface area contributed by atoms with Gasteiger partial charge in [-0.3, -0.25) is 4.79 Å². The molecular weight excluding hydrogens is 331 g/mol. The molecule has 0 spiro atoms. The van der Waals surface area contributed by atoms with E-state index in [2.05, 4.69) is 15.6 Å². The van der Waals surface area contributed by atoms with E-state index in [0.29, 0.717) is 18.3 Å². The predicted molar refractivity (Wildman–Crippen MR) is 79.2 cm³/mol. The topological polar surface area (TPSA) is 54.0 Å². The second-order valence-electron chi connectivity index (χ2n) is 5.09. The van der Waals surface area contributed by atoms with Crippen molar-refractivity contribution in [1.29, 1.82) is 0 Å². The van der Waals surface area contributed by atoms with Crippen molar-refractivity contribution in [3.05, 3.63) is 57.9 Å². The van der Waals surface area contributed by atoms with Crippen LogP contribution >= 0.6 is 11.6 Å². The Morgan fingerprint density at radius 1 is 1.17 bits per heavy atom. The molecule has 120 valence electrons. The van der Waals surface area contributed by atoms with Crippen LogP contribution in [0.5, 0.6) is 0 Å². The molecule has 2 N–H and O–H groups in total. The van der Waals surface area contributed by atoms with E-state index in [9.17, 15) is 18.0 Å². The minimum atomic E-state index is -4.67. The number of amides is 1. The summed E-state index contributed by atoms with van der Waals surface area (Å²) in [4.78, 5) is 15.5. The molecule has 1 aromatic carbocycles. The number of carbonyl (C=O) groups is 1. The summed E-state index contributed by atoms with van der Waals surface area (Å²) in [5.41, 5.74) is 1.07. The van der Waals surface area contributed by atoms with Crippen molar-refractivity contribution >= 4 is 23.2 Å². The first kappa shape index (κ1) is 15.8. The number of fused-ring (bicyclic) bond motifs is 1. The molecule has 0 aliphatic carbocycles. The van der Waals surface area contributed by atoms with Gasteiger partial charge in [0, 0.05) is 23.8 Å². The highest BCUT2D eigenvalue weighted by atomic mass is 35.5. The maximum atomic E-state index is 12.7. The molecule has 8 heteroatoms. The monoisotopic (exact) mass is 341 g/mol. The van der Waals surface area contributed by atoms with E-state index in [4.69, 9.17) is 11.6 Å². The summed E-state index contributed by atoms with van der Waals surface area (Å²) in [5, 5.41) is 5.50. The molecule has 4 nitrogen and oxygen atoms in total. The second-order valence-corrected chi connectivity index (χ2v) is 5.53. The molecule has 2 heterocycles. The van der Waals surface area contributed by atoms with Gasteiger partial charge in [-0.25, -0.2) is 4.98 Å². The minimum absolute atomic E-state index is 0.198. The Labute approximate surface area is 134 Å². The van der Waals surface area contributed by atoms with Gasteiger partial charge < -0.3 is 10.6 Å². The van der Waals surface area contributed by atoms with Crippen LogP contribution in [0.4, 0.5) is 18.9 Å². The highest BCUT2D eigenvalue weighted by Gasteiger charge is 2.33. The second kappa shape index (κ2) is 5.82. The molecule has 0 unspecified atom stereocenters. The van der Waals surface area contributed by atoms with Crippen molar-refractivity contribution in [3.8, 4) is 0 Å². The molecule has 1 amide bonds. The molecule has 0 fully saturated rings. The van der Waals surface area contributed by atoms with Gasteiger partial charge in [-0.1, -0.05) is 17.7 Å². The van der Waals surface area contributed by atoms with E-state index in [0.717, 1.165) is 23.7 Å². The van der Waals surface area contributed by atoms with Gasteiger partial charge in [-0.05, 0) is 35.4 Å². The molecule has 1 aromatic heterocycles. The SMILES string of the molecule is O=C(Nc1ccc2c(c1)CNC2)c1cc(Cl)cc(C(F)(F)F)n1. The average Bonchev–Trinajstić information content (AvgIpc) is 2.93. The van der Waals surface area contributed by atoms with Gasteiger partial charge in [0.25, 0.3) is 5.91 Å². The van der Waals surface area contributed by atoms with Crippen LogP contribution in [0.3, 0.4) is 0 Å². The van der Waals surface area contributed by atoms with Gasteiger partial charge in [-0.15, -0.1) is 0 Å². The van der Waals surface area contributed by atoms with Crippen LogP contribution < -0.4 is 10.6 Å². The first-order chi connectivity index (χ1) is 10.8. The maximum absolute atomic E-state index is 12.7. The van der Waals surface area contributed by atoms with Crippen LogP contribution in [0, 0.1) is 0 Å². The molecule has 0 radical (unpaired) electrons. The third-order valence-corrected chi connectivity index (χ3v) is 3.63. The van der Waals surface area contributed by atoms with Crippen LogP contribution in [0.25, 0.3) is 0 Å². The fourth-order valence-electron chi connectivity index (χ4n) is 2.33. The molecule has 3 rings (SSSR count). The lowest BCUT2D eigenvalue weighted by Crippen LogP contribution is -2.17. The maximum Gasteiger partial charge on any atom is 0.433 e. The third kappa shape index (κ3) is 3.46. The Morgan fingerprint density at radius 3 is 2.65 bits per heavy atom. The largest absolute Gasteiger partial charge is 0.433 e. The molecule has 1 aliphatic heterocycles. The number of hydrogen-bond donors (Lipinski definition) is 2. The number of hydrogen-bond acceptors (Lipinski definition) is 3. The van der Waals surface area contributed by atoms with E-state index in [-0.39, 0.29) is 10.7 Å². The number of carbonyl (C=O) groups excluding carboxylic acids is 1. The van der Waals surface area contributed by atoms with Gasteiger partial charge in [-0.2, -0.15) is 13.2 Å². The summed E-state index contributed by atoms with van der Waals surface area (Å²) in [6.45, 7) is 1.45. The summed E-state index contributed by atoms with van der Waals surface area (Å²) < 4.78 is 38.2. The highest BCUT2D eigenvalue weighted by Crippen LogP contribution is 2.30. The van der Waals surface area contributed by atoms with Crippen molar-refractivity contribution in [2.75, 3.05) is 5.32 Å². The Hall–Kier alpha value is -2.12. The zero-order valence-electron chi connectivity index (χ0n) is 11.7. The lowest BCUT2D eigenvalue weighted by atomic mass is 10.1. The summed E-state index contributed by atoms with van der Waals surface area (Å²) in [6, 6.07) is 7.11. The fourth-order valence-corrected chi connectivity index (χ4v) is 2.53. The molecule has 0 saturated carbocycles. The third-order valence-electron chi connectivity index (χ3n) is 3.41. The van der Waals surface area contributed by atoms with Crippen LogP contribution in [0.2, 0.25) is 5.02 Å². The number of nitrogens with one attached hydrogen (secondary N) is 2. The van der Waals surface area contributed by atoms with Gasteiger partial charge in [0.05, 0.1) is 0 Å². The van der Waals surface area contributed by atoms with Crippen LogP contribution in [0.15, 0.2) is 30.3 Å². The molecule has 1 aliphatic rings. The lowest BCUT2D eigenvalue weighted by Gasteiger charge is -2.10. The Balaban J connectivity index is 1.85. The van der Waals surface area contributed by atoms with E-state index in [1.807, 2.05) is 6.07 Å². The van der Waals surface area contributed by atoms with E-state index < -0.39 is 17.8 Å². The molecule has 0 bridgehead atoms. The molecule has 0 atom stereocenters. The molecular formula is C15H11ClF3N3O. The first-order valence-corrected chi connectivity index (χ1v) is 7.09. The fraction of sp³-hybridized carbons (Fsp3) is 0.200. The molecule has 2 aromatic rings. The Kier molecular flexibility index (Phi) is 3.99. The van der Waals surface area contributed by atoms with Crippen molar-refractivity contribution in [3.63, 3.8) is 0 Å². The Morgan fingerprint density at radius 2 is 1.91 bits per heavy atom. The van der Waals surface area contributed by atoms with E-state index in [1.54, 1.807) is 12.1 Å². The zero-order chi connectivity index (χ0) is 16.6. The summed E-state index contributed by atoms with van der Waals surface area (Å²) in [6.07, 6.45) is -4.67. The van der Waals surface area contributed by atoms with Crippen molar-refractivity contribution in [1.82, 2.24) is 10.3 Å². The van der Waals surface area contributed by atoms with Crippen molar-refractivity contribution in [2.45, 2.75) is 19.3 Å². The number of rotatable bonds is 2. The first-order valence-electron chi connectivity index (χ1n) is 6.71. The minimum Gasteiger partial charge on any atom is -0.321 e. The summed E-state index contributed by atoms with van der Waals surface area (Å²) in [7, 11) is 0. The number of aromatic nitrogens is 1. The van der Waals surface area contributed by atoms with Crippen LogP contribution in [-0.2, 0) is 19.3 Å². The van der Waals surface area contributed by atoms with Gasteiger partial charge in [0.2, 0.25) is 0 Å². The predicted octanol–water partition coefficient (Wildman–Crippen LogP) is 3.61. The van der Waals surface area contributed by atoms with Crippen molar-refractivity contribution < 1.29 is 18.0 Å². The number of nitrogens with zero attached hydrogens (tertiary/aromatic N) is 1. The van der Waals surface area contributed by atoms with E-state index >= 15 is 0 Å². The number of alkyl halides is 3. The van der Waals surface area contributed by atoms with Gasteiger partial charge in [0.15, 0.2) is 0 Å². The Bertz CT molecular complexity index is 777. The number of benzene rings is 1. The number of pyridine rings is 1. The highest BCUT2D eigenvalue weighted by molar-refractivity contribution is 6.31. The average molecular weight is 342 g/mol. The molecule has 0 saturated heterocycles. The van der Waals surface area contributed by atoms with Gasteiger partial charge in [0.1, 0.15) is 11.4 Å². The zero-order valence-corrected chi connectivity index (χ0v) is 12.4. The standard InChI is InChI=1S/C15H11ClF3N3O/c16-10-4-12(22-13(5-10)15(17,18)19)14(23)21-11-2-1-8-6-20-7-9(8)3-11/h1-5,20H,6-7H2,(H,21,23). The van der Waals surface area contributed by atoms with Crippen molar-refractivity contribution in [2.24, 2.45) is 0 Å². The number of halogens is 4. The normalized spacial score (nSPS) is 13.7. The lowest BCUT2D eigenvalue weighted by molar-refractivity contribution is -0.141.